The monoisotopic (exact) mass is 289 g/mol. The number of rotatable bonds is 6. The van der Waals surface area contributed by atoms with Crippen molar-refractivity contribution in [2.75, 3.05) is 19.0 Å². The molecule has 1 N–H and O–H groups in total. The third kappa shape index (κ3) is 4.06. The number of benzene rings is 1. The Labute approximate surface area is 123 Å². The molecule has 1 amide bonds. The smallest absolute Gasteiger partial charge is 0.260 e. The van der Waals surface area contributed by atoms with Crippen LogP contribution in [0, 0.1) is 0 Å². The standard InChI is InChI=1S/C15H19N3O3/c1-11(10-20-3)21-13-7-5-4-6-12(13)15(19)16-14-8-9-18(2)17-14/h4-9,11H,10H2,1-3H3,(H,16,17,19)/t11-/m0/s1. The minimum absolute atomic E-state index is 0.140. The Morgan fingerprint density at radius 3 is 2.81 bits per heavy atom. The number of nitrogens with zero attached hydrogens (tertiary/aromatic N) is 2. The Morgan fingerprint density at radius 2 is 2.14 bits per heavy atom. The summed E-state index contributed by atoms with van der Waals surface area (Å²) in [7, 11) is 3.40. The summed E-state index contributed by atoms with van der Waals surface area (Å²) in [6, 6.07) is 8.83. The van der Waals surface area contributed by atoms with Crippen molar-refractivity contribution in [2.24, 2.45) is 7.05 Å². The van der Waals surface area contributed by atoms with Crippen LogP contribution in [0.25, 0.3) is 0 Å². The van der Waals surface area contributed by atoms with Crippen LogP contribution in [-0.2, 0) is 11.8 Å². The molecule has 0 fully saturated rings. The van der Waals surface area contributed by atoms with Crippen molar-refractivity contribution < 1.29 is 14.3 Å². The van der Waals surface area contributed by atoms with E-state index >= 15 is 0 Å². The number of methoxy groups -OCH3 is 1. The van der Waals surface area contributed by atoms with E-state index in [0.29, 0.717) is 23.7 Å². The summed E-state index contributed by atoms with van der Waals surface area (Å²) in [6.45, 7) is 2.34. The van der Waals surface area contributed by atoms with Gasteiger partial charge in [-0.1, -0.05) is 12.1 Å². The number of ether oxygens (including phenoxy) is 2. The van der Waals surface area contributed by atoms with E-state index in [1.807, 2.05) is 13.0 Å². The minimum Gasteiger partial charge on any atom is -0.487 e. The van der Waals surface area contributed by atoms with Crippen molar-refractivity contribution in [1.82, 2.24) is 9.78 Å². The number of carbonyl (C=O) groups is 1. The maximum absolute atomic E-state index is 12.3. The maximum atomic E-state index is 12.3. The van der Waals surface area contributed by atoms with Crippen molar-refractivity contribution >= 4 is 11.7 Å². The lowest BCUT2D eigenvalue weighted by Crippen LogP contribution is -2.21. The second-order valence-electron chi connectivity index (χ2n) is 4.71. The molecular weight excluding hydrogens is 270 g/mol. The molecule has 1 atom stereocenters. The van der Waals surface area contributed by atoms with Crippen LogP contribution >= 0.6 is 0 Å². The van der Waals surface area contributed by atoms with Crippen LogP contribution < -0.4 is 10.1 Å². The Hall–Kier alpha value is -2.34. The molecule has 6 nitrogen and oxygen atoms in total. The van der Waals surface area contributed by atoms with Gasteiger partial charge >= 0.3 is 0 Å². The highest BCUT2D eigenvalue weighted by molar-refractivity contribution is 6.05. The van der Waals surface area contributed by atoms with Crippen LogP contribution in [0.4, 0.5) is 5.82 Å². The number of amides is 1. The largest absolute Gasteiger partial charge is 0.487 e. The Morgan fingerprint density at radius 1 is 1.38 bits per heavy atom. The van der Waals surface area contributed by atoms with Gasteiger partial charge in [-0.25, -0.2) is 0 Å². The van der Waals surface area contributed by atoms with Crippen molar-refractivity contribution in [3.05, 3.63) is 42.1 Å². The first kappa shape index (κ1) is 15.1. The molecule has 0 aliphatic carbocycles. The molecule has 0 spiro atoms. The van der Waals surface area contributed by atoms with Crippen LogP contribution in [0.1, 0.15) is 17.3 Å². The molecular formula is C15H19N3O3. The number of aromatic nitrogens is 2. The van der Waals surface area contributed by atoms with Gasteiger partial charge in [0.25, 0.3) is 5.91 Å². The zero-order chi connectivity index (χ0) is 15.2. The number of carbonyl (C=O) groups excluding carboxylic acids is 1. The number of anilines is 1. The lowest BCUT2D eigenvalue weighted by atomic mass is 10.2. The summed E-state index contributed by atoms with van der Waals surface area (Å²) in [5, 5.41) is 6.86. The third-order valence-electron chi connectivity index (χ3n) is 2.82. The molecule has 0 saturated carbocycles. The highest BCUT2D eigenvalue weighted by atomic mass is 16.5. The van der Waals surface area contributed by atoms with E-state index in [1.165, 1.54) is 0 Å². The molecule has 6 heteroatoms. The highest BCUT2D eigenvalue weighted by Crippen LogP contribution is 2.20. The first-order chi connectivity index (χ1) is 10.1. The predicted molar refractivity (Wildman–Crippen MR) is 79.6 cm³/mol. The van der Waals surface area contributed by atoms with Crippen LogP contribution in [0.2, 0.25) is 0 Å². The molecule has 2 rings (SSSR count). The molecule has 2 aromatic rings. The summed E-state index contributed by atoms with van der Waals surface area (Å²) in [4.78, 5) is 12.3. The lowest BCUT2D eigenvalue weighted by Gasteiger charge is -2.16. The first-order valence-electron chi connectivity index (χ1n) is 6.65. The van der Waals surface area contributed by atoms with Gasteiger partial charge in [-0.05, 0) is 19.1 Å². The van der Waals surface area contributed by atoms with E-state index in [9.17, 15) is 4.79 Å². The molecule has 0 aliphatic heterocycles. The highest BCUT2D eigenvalue weighted by Gasteiger charge is 2.15. The van der Waals surface area contributed by atoms with Gasteiger partial charge in [-0.2, -0.15) is 5.10 Å². The molecule has 0 bridgehead atoms. The zero-order valence-corrected chi connectivity index (χ0v) is 12.4. The Kier molecular flexibility index (Phi) is 4.94. The van der Waals surface area contributed by atoms with Crippen molar-refractivity contribution in [3.63, 3.8) is 0 Å². The summed E-state index contributed by atoms with van der Waals surface area (Å²) in [6.07, 6.45) is 1.62. The predicted octanol–water partition coefficient (Wildman–Crippen LogP) is 2.09. The van der Waals surface area contributed by atoms with Gasteiger partial charge in [-0.3, -0.25) is 9.48 Å². The molecule has 1 heterocycles. The summed E-state index contributed by atoms with van der Waals surface area (Å²) in [5.41, 5.74) is 0.464. The van der Waals surface area contributed by atoms with E-state index < -0.39 is 0 Å². The van der Waals surface area contributed by atoms with E-state index in [2.05, 4.69) is 10.4 Å². The van der Waals surface area contributed by atoms with E-state index in [0.717, 1.165) is 0 Å². The number of aryl methyl sites for hydroxylation is 1. The SMILES string of the molecule is COC[C@H](C)Oc1ccccc1C(=O)Nc1ccn(C)n1. The fourth-order valence-corrected chi connectivity index (χ4v) is 1.91. The molecule has 0 saturated heterocycles. The fourth-order valence-electron chi connectivity index (χ4n) is 1.91. The molecule has 112 valence electrons. The number of hydrogen-bond donors (Lipinski definition) is 1. The van der Waals surface area contributed by atoms with Gasteiger partial charge in [0.05, 0.1) is 12.2 Å². The summed E-state index contributed by atoms with van der Waals surface area (Å²) >= 11 is 0. The number of nitrogens with one attached hydrogen (secondary N) is 1. The lowest BCUT2D eigenvalue weighted by molar-refractivity contribution is 0.0891. The summed E-state index contributed by atoms with van der Waals surface area (Å²) < 4.78 is 12.4. The number of para-hydroxylation sites is 1. The van der Waals surface area contributed by atoms with Gasteiger partial charge in [0.1, 0.15) is 11.9 Å². The second kappa shape index (κ2) is 6.90. The molecule has 0 unspecified atom stereocenters. The van der Waals surface area contributed by atoms with Crippen LogP contribution in [-0.4, -0.2) is 35.5 Å². The van der Waals surface area contributed by atoms with Crippen LogP contribution in [0.5, 0.6) is 5.75 Å². The Balaban J connectivity index is 2.13. The number of hydrogen-bond acceptors (Lipinski definition) is 4. The van der Waals surface area contributed by atoms with E-state index in [1.54, 1.807) is 49.3 Å². The van der Waals surface area contributed by atoms with Gasteiger partial charge in [0, 0.05) is 26.4 Å². The Bertz CT molecular complexity index is 610. The quantitative estimate of drug-likeness (QED) is 0.884. The van der Waals surface area contributed by atoms with Gasteiger partial charge < -0.3 is 14.8 Å². The molecule has 21 heavy (non-hydrogen) atoms. The van der Waals surface area contributed by atoms with E-state index in [4.69, 9.17) is 9.47 Å². The van der Waals surface area contributed by atoms with Crippen molar-refractivity contribution in [1.29, 1.82) is 0 Å². The molecule has 1 aromatic carbocycles. The molecule has 0 radical (unpaired) electrons. The van der Waals surface area contributed by atoms with Crippen molar-refractivity contribution in [2.45, 2.75) is 13.0 Å². The molecule has 1 aromatic heterocycles. The molecule has 0 aliphatic rings. The van der Waals surface area contributed by atoms with Crippen molar-refractivity contribution in [3.8, 4) is 5.75 Å². The van der Waals surface area contributed by atoms with Crippen LogP contribution in [0.3, 0.4) is 0 Å². The average Bonchev–Trinajstić information content (AvgIpc) is 2.85. The van der Waals surface area contributed by atoms with E-state index in [-0.39, 0.29) is 12.0 Å². The maximum Gasteiger partial charge on any atom is 0.260 e. The fraction of sp³-hybridized carbons (Fsp3) is 0.333. The van der Waals surface area contributed by atoms with Gasteiger partial charge in [0.15, 0.2) is 5.82 Å². The van der Waals surface area contributed by atoms with Gasteiger partial charge in [0.2, 0.25) is 0 Å². The first-order valence-corrected chi connectivity index (χ1v) is 6.65. The second-order valence-corrected chi connectivity index (χ2v) is 4.71. The summed E-state index contributed by atoms with van der Waals surface area (Å²) in [5.74, 6) is 0.770. The minimum atomic E-state index is -0.256. The topological polar surface area (TPSA) is 65.4 Å². The normalized spacial score (nSPS) is 12.0. The van der Waals surface area contributed by atoms with Gasteiger partial charge in [-0.15, -0.1) is 0 Å². The van der Waals surface area contributed by atoms with Crippen LogP contribution in [0.15, 0.2) is 36.5 Å². The average molecular weight is 289 g/mol. The zero-order valence-electron chi connectivity index (χ0n) is 12.4. The third-order valence-corrected chi connectivity index (χ3v) is 2.82.